The summed E-state index contributed by atoms with van der Waals surface area (Å²) in [7, 11) is 0. The molecule has 1 aliphatic carbocycles. The Labute approximate surface area is 147 Å². The second-order valence-corrected chi connectivity index (χ2v) is 7.53. The monoisotopic (exact) mass is 339 g/mol. The molecule has 3 heterocycles. The maximum Gasteiger partial charge on any atom is 0.165 e. The minimum absolute atomic E-state index is 0.0836. The molecule has 2 fully saturated rings. The van der Waals surface area contributed by atoms with Crippen molar-refractivity contribution in [1.82, 2.24) is 24.4 Å². The van der Waals surface area contributed by atoms with Crippen LogP contribution < -0.4 is 5.73 Å². The SMILES string of the molecule is N#CC1(CCN2CCC(n3cnc4c(N)ncnc43)C2)CCCCC1. The first-order chi connectivity index (χ1) is 12.2. The van der Waals surface area contributed by atoms with Crippen molar-refractivity contribution in [1.29, 1.82) is 5.26 Å². The molecule has 0 bridgehead atoms. The highest BCUT2D eigenvalue weighted by Gasteiger charge is 2.33. The van der Waals surface area contributed by atoms with Gasteiger partial charge in [-0.25, -0.2) is 15.0 Å². The number of nitrogens with two attached hydrogens (primary N) is 1. The van der Waals surface area contributed by atoms with Crippen LogP contribution in [0.25, 0.3) is 11.2 Å². The number of anilines is 1. The Bertz CT molecular complexity index is 784. The third-order valence-corrected chi connectivity index (χ3v) is 5.98. The Hall–Kier alpha value is -2.20. The second kappa shape index (κ2) is 6.60. The molecule has 2 aromatic rings. The maximum atomic E-state index is 9.66. The standard InChI is InChI=1S/C18H25N7/c19-11-18(5-2-1-3-6-18)7-9-24-8-4-14(10-24)25-13-23-15-16(20)21-12-22-17(15)25/h12-14H,1-10H2,(H2,20,21,22). The van der Waals surface area contributed by atoms with E-state index in [1.54, 1.807) is 0 Å². The average Bonchev–Trinajstić information content (AvgIpc) is 3.28. The predicted octanol–water partition coefficient (Wildman–Crippen LogP) is 2.52. The highest BCUT2D eigenvalue weighted by Crippen LogP contribution is 2.39. The first-order valence-corrected chi connectivity index (χ1v) is 9.27. The van der Waals surface area contributed by atoms with E-state index in [1.807, 2.05) is 6.33 Å². The summed E-state index contributed by atoms with van der Waals surface area (Å²) in [5.74, 6) is 0.437. The lowest BCUT2D eigenvalue weighted by atomic mass is 9.73. The fourth-order valence-corrected chi connectivity index (χ4v) is 4.40. The van der Waals surface area contributed by atoms with Gasteiger partial charge in [-0.05, 0) is 32.2 Å². The highest BCUT2D eigenvalue weighted by molar-refractivity contribution is 5.81. The molecule has 0 aromatic carbocycles. The van der Waals surface area contributed by atoms with Crippen LogP contribution in [0.2, 0.25) is 0 Å². The van der Waals surface area contributed by atoms with E-state index in [-0.39, 0.29) is 5.41 Å². The van der Waals surface area contributed by atoms with Gasteiger partial charge >= 0.3 is 0 Å². The van der Waals surface area contributed by atoms with Crippen molar-refractivity contribution >= 4 is 17.0 Å². The van der Waals surface area contributed by atoms with Crippen molar-refractivity contribution in [2.45, 2.75) is 51.0 Å². The number of likely N-dealkylation sites (tertiary alicyclic amines) is 1. The van der Waals surface area contributed by atoms with Gasteiger partial charge in [0.1, 0.15) is 11.8 Å². The minimum Gasteiger partial charge on any atom is -0.382 e. The zero-order valence-corrected chi connectivity index (χ0v) is 14.6. The Morgan fingerprint density at radius 2 is 2.08 bits per heavy atom. The van der Waals surface area contributed by atoms with Crippen LogP contribution in [0.5, 0.6) is 0 Å². The van der Waals surface area contributed by atoms with Crippen molar-refractivity contribution in [2.75, 3.05) is 25.4 Å². The maximum absolute atomic E-state index is 9.66. The summed E-state index contributed by atoms with van der Waals surface area (Å²) in [4.78, 5) is 15.2. The van der Waals surface area contributed by atoms with Gasteiger partial charge in [-0.2, -0.15) is 5.26 Å². The Balaban J connectivity index is 1.41. The number of nitrogen functional groups attached to an aromatic ring is 1. The molecule has 2 aliphatic rings. The van der Waals surface area contributed by atoms with Crippen molar-refractivity contribution in [3.05, 3.63) is 12.7 Å². The molecule has 1 aliphatic heterocycles. The van der Waals surface area contributed by atoms with E-state index in [0.29, 0.717) is 17.4 Å². The van der Waals surface area contributed by atoms with Gasteiger partial charge in [-0.1, -0.05) is 19.3 Å². The van der Waals surface area contributed by atoms with Gasteiger partial charge < -0.3 is 15.2 Å². The fraction of sp³-hybridized carbons (Fsp3) is 0.667. The first kappa shape index (κ1) is 16.3. The number of imidazole rings is 1. The quantitative estimate of drug-likeness (QED) is 0.919. The minimum atomic E-state index is -0.0836. The van der Waals surface area contributed by atoms with Crippen molar-refractivity contribution in [3.8, 4) is 6.07 Å². The molecular weight excluding hydrogens is 314 g/mol. The largest absolute Gasteiger partial charge is 0.382 e. The second-order valence-electron chi connectivity index (χ2n) is 7.53. The summed E-state index contributed by atoms with van der Waals surface area (Å²) in [6.45, 7) is 3.05. The smallest absolute Gasteiger partial charge is 0.165 e. The van der Waals surface area contributed by atoms with Crippen molar-refractivity contribution < 1.29 is 0 Å². The lowest BCUT2D eigenvalue weighted by Crippen LogP contribution is -2.30. The number of rotatable bonds is 4. The van der Waals surface area contributed by atoms with E-state index >= 15 is 0 Å². The van der Waals surface area contributed by atoms with Crippen LogP contribution in [-0.2, 0) is 0 Å². The molecule has 7 heteroatoms. The number of nitrogens with zero attached hydrogens (tertiary/aromatic N) is 6. The van der Waals surface area contributed by atoms with Gasteiger partial charge in [-0.3, -0.25) is 0 Å². The summed E-state index contributed by atoms with van der Waals surface area (Å²) in [6.07, 6.45) is 11.3. The summed E-state index contributed by atoms with van der Waals surface area (Å²) in [6, 6.07) is 3.00. The van der Waals surface area contributed by atoms with Crippen LogP contribution in [0.4, 0.5) is 5.82 Å². The lowest BCUT2D eigenvalue weighted by Gasteiger charge is -2.32. The van der Waals surface area contributed by atoms with E-state index in [1.165, 1.54) is 25.6 Å². The number of fused-ring (bicyclic) bond motifs is 1. The first-order valence-electron chi connectivity index (χ1n) is 9.27. The Morgan fingerprint density at radius 1 is 1.24 bits per heavy atom. The van der Waals surface area contributed by atoms with Gasteiger partial charge in [0.05, 0.1) is 23.9 Å². The number of aromatic nitrogens is 4. The van der Waals surface area contributed by atoms with Crippen LogP contribution >= 0.6 is 0 Å². The topological polar surface area (TPSA) is 96.7 Å². The van der Waals surface area contributed by atoms with E-state index in [2.05, 4.69) is 30.5 Å². The molecule has 2 aromatic heterocycles. The number of hydrogen-bond donors (Lipinski definition) is 1. The normalized spacial score (nSPS) is 23.7. The Morgan fingerprint density at radius 3 is 2.88 bits per heavy atom. The molecule has 1 saturated carbocycles. The zero-order chi connectivity index (χ0) is 17.3. The molecule has 0 spiro atoms. The number of hydrogen-bond acceptors (Lipinski definition) is 6. The third kappa shape index (κ3) is 3.07. The van der Waals surface area contributed by atoms with Gasteiger partial charge in [0.15, 0.2) is 11.5 Å². The molecule has 132 valence electrons. The van der Waals surface area contributed by atoms with Crippen LogP contribution in [-0.4, -0.2) is 44.1 Å². The van der Waals surface area contributed by atoms with Crippen LogP contribution in [0.3, 0.4) is 0 Å². The Kier molecular flexibility index (Phi) is 4.30. The fourth-order valence-electron chi connectivity index (χ4n) is 4.40. The lowest BCUT2D eigenvalue weighted by molar-refractivity contribution is 0.205. The summed E-state index contributed by atoms with van der Waals surface area (Å²) < 4.78 is 2.13. The molecule has 2 N–H and O–H groups in total. The van der Waals surface area contributed by atoms with Gasteiger partial charge in [0, 0.05) is 13.1 Å². The molecular formula is C18H25N7. The molecule has 25 heavy (non-hydrogen) atoms. The van der Waals surface area contributed by atoms with Gasteiger partial charge in [0.25, 0.3) is 0 Å². The number of nitriles is 1. The predicted molar refractivity (Wildman–Crippen MR) is 95.6 cm³/mol. The van der Waals surface area contributed by atoms with Crippen LogP contribution in [0.15, 0.2) is 12.7 Å². The van der Waals surface area contributed by atoms with Crippen LogP contribution in [0.1, 0.15) is 51.0 Å². The zero-order valence-electron chi connectivity index (χ0n) is 14.6. The van der Waals surface area contributed by atoms with Crippen LogP contribution in [0, 0.1) is 16.7 Å². The molecule has 0 radical (unpaired) electrons. The van der Waals surface area contributed by atoms with Crippen molar-refractivity contribution in [3.63, 3.8) is 0 Å². The highest BCUT2D eigenvalue weighted by atomic mass is 15.2. The van der Waals surface area contributed by atoms with E-state index in [9.17, 15) is 5.26 Å². The molecule has 7 nitrogen and oxygen atoms in total. The van der Waals surface area contributed by atoms with Crippen molar-refractivity contribution in [2.24, 2.45) is 5.41 Å². The summed E-state index contributed by atoms with van der Waals surface area (Å²) in [5.41, 5.74) is 7.31. The van der Waals surface area contributed by atoms with Gasteiger partial charge in [0.2, 0.25) is 0 Å². The third-order valence-electron chi connectivity index (χ3n) is 5.98. The summed E-state index contributed by atoms with van der Waals surface area (Å²) in [5, 5.41) is 9.66. The summed E-state index contributed by atoms with van der Waals surface area (Å²) >= 11 is 0. The molecule has 1 saturated heterocycles. The molecule has 1 unspecified atom stereocenters. The molecule has 4 rings (SSSR count). The average molecular weight is 339 g/mol. The molecule has 0 amide bonds. The van der Waals surface area contributed by atoms with Gasteiger partial charge in [-0.15, -0.1) is 0 Å². The van der Waals surface area contributed by atoms with E-state index in [0.717, 1.165) is 51.0 Å². The van der Waals surface area contributed by atoms with E-state index < -0.39 is 0 Å². The van der Waals surface area contributed by atoms with E-state index in [4.69, 9.17) is 5.73 Å². The molecule has 1 atom stereocenters.